The molecule has 6 heteroatoms. The zero-order valence-electron chi connectivity index (χ0n) is 14.1. The minimum atomic E-state index is -0.253. The van der Waals surface area contributed by atoms with E-state index in [4.69, 9.17) is 0 Å². The van der Waals surface area contributed by atoms with Gasteiger partial charge in [-0.15, -0.1) is 11.8 Å². The van der Waals surface area contributed by atoms with Gasteiger partial charge in [-0.05, 0) is 42.3 Å². The van der Waals surface area contributed by atoms with Crippen LogP contribution in [0.2, 0.25) is 0 Å². The van der Waals surface area contributed by atoms with Crippen molar-refractivity contribution in [3.8, 4) is 0 Å². The van der Waals surface area contributed by atoms with E-state index in [0.29, 0.717) is 5.75 Å². The van der Waals surface area contributed by atoms with Gasteiger partial charge >= 0.3 is 0 Å². The molecule has 1 aliphatic heterocycles. The predicted molar refractivity (Wildman–Crippen MR) is 97.8 cm³/mol. The Balaban J connectivity index is 1.47. The van der Waals surface area contributed by atoms with Gasteiger partial charge in [-0.1, -0.05) is 6.07 Å². The van der Waals surface area contributed by atoms with E-state index in [2.05, 4.69) is 16.0 Å². The molecule has 0 N–H and O–H groups in total. The second-order valence-corrected chi connectivity index (χ2v) is 7.16. The van der Waals surface area contributed by atoms with Crippen LogP contribution >= 0.6 is 11.8 Å². The largest absolute Gasteiger partial charge is 0.341 e. The maximum absolute atomic E-state index is 12.9. The number of hydrogen-bond donors (Lipinski definition) is 0. The lowest BCUT2D eigenvalue weighted by Gasteiger charge is -2.22. The van der Waals surface area contributed by atoms with Crippen LogP contribution in [0.1, 0.15) is 12.0 Å². The number of rotatable bonds is 5. The highest BCUT2D eigenvalue weighted by atomic mass is 32.2. The number of aromatic nitrogens is 1. The van der Waals surface area contributed by atoms with Crippen LogP contribution in [0.4, 0.5) is 4.39 Å². The van der Waals surface area contributed by atoms with Gasteiger partial charge in [0, 0.05) is 50.0 Å². The highest BCUT2D eigenvalue weighted by molar-refractivity contribution is 8.00. The van der Waals surface area contributed by atoms with E-state index in [1.54, 1.807) is 18.3 Å². The molecule has 132 valence electrons. The Morgan fingerprint density at radius 1 is 1.12 bits per heavy atom. The Hall–Kier alpha value is -1.92. The molecule has 2 aromatic rings. The maximum atomic E-state index is 12.9. The van der Waals surface area contributed by atoms with E-state index < -0.39 is 0 Å². The Kier molecular flexibility index (Phi) is 6.42. The van der Waals surface area contributed by atoms with E-state index in [1.807, 2.05) is 17.2 Å². The minimum absolute atomic E-state index is 0.151. The number of amides is 1. The van der Waals surface area contributed by atoms with Crippen molar-refractivity contribution in [2.45, 2.75) is 17.9 Å². The van der Waals surface area contributed by atoms with Crippen LogP contribution < -0.4 is 0 Å². The smallest absolute Gasteiger partial charge is 0.232 e. The van der Waals surface area contributed by atoms with Crippen molar-refractivity contribution in [3.63, 3.8) is 0 Å². The number of hydrogen-bond acceptors (Lipinski definition) is 4. The summed E-state index contributed by atoms with van der Waals surface area (Å²) in [6, 6.07) is 10.3. The third-order valence-corrected chi connectivity index (χ3v) is 5.24. The molecule has 1 aliphatic rings. The molecular weight excluding hydrogens is 337 g/mol. The van der Waals surface area contributed by atoms with Gasteiger partial charge in [-0.3, -0.25) is 14.7 Å². The van der Waals surface area contributed by atoms with E-state index in [9.17, 15) is 9.18 Å². The van der Waals surface area contributed by atoms with Crippen molar-refractivity contribution in [1.82, 2.24) is 14.8 Å². The third kappa shape index (κ3) is 5.54. The van der Waals surface area contributed by atoms with Crippen LogP contribution in [0.15, 0.2) is 53.7 Å². The lowest BCUT2D eigenvalue weighted by molar-refractivity contribution is -0.128. The second kappa shape index (κ2) is 8.97. The summed E-state index contributed by atoms with van der Waals surface area (Å²) in [6.07, 6.45) is 4.66. The fourth-order valence-corrected chi connectivity index (χ4v) is 3.70. The molecule has 0 atom stereocenters. The van der Waals surface area contributed by atoms with Crippen LogP contribution in [0.5, 0.6) is 0 Å². The first kappa shape index (κ1) is 17.9. The van der Waals surface area contributed by atoms with Crippen LogP contribution in [0.3, 0.4) is 0 Å². The van der Waals surface area contributed by atoms with Gasteiger partial charge in [0.15, 0.2) is 0 Å². The summed E-state index contributed by atoms with van der Waals surface area (Å²) >= 11 is 1.46. The molecule has 0 bridgehead atoms. The Morgan fingerprint density at radius 3 is 2.72 bits per heavy atom. The number of carbonyl (C=O) groups is 1. The molecule has 3 rings (SSSR count). The first-order valence-electron chi connectivity index (χ1n) is 8.48. The SMILES string of the molecule is O=C(CSc1ccc(F)cc1)N1CCCN(Cc2cccnc2)CC1. The van der Waals surface area contributed by atoms with Crippen LogP contribution in [-0.4, -0.2) is 52.6 Å². The van der Waals surface area contributed by atoms with E-state index in [1.165, 1.54) is 29.5 Å². The number of carbonyl (C=O) groups excluding carboxylic acids is 1. The highest BCUT2D eigenvalue weighted by Gasteiger charge is 2.19. The van der Waals surface area contributed by atoms with Gasteiger partial charge in [0.2, 0.25) is 5.91 Å². The number of thioether (sulfide) groups is 1. The standard InChI is InChI=1S/C19H22FN3OS/c20-17-4-6-18(7-5-17)25-15-19(24)23-10-2-9-22(11-12-23)14-16-3-1-8-21-13-16/h1,3-8,13H,2,9-12,14-15H2. The van der Waals surface area contributed by atoms with Gasteiger partial charge in [0.25, 0.3) is 0 Å². The number of pyridine rings is 1. The Morgan fingerprint density at radius 2 is 1.96 bits per heavy atom. The summed E-state index contributed by atoms with van der Waals surface area (Å²) in [5, 5.41) is 0. The number of benzene rings is 1. The van der Waals surface area contributed by atoms with Crippen molar-refractivity contribution < 1.29 is 9.18 Å². The molecule has 2 heterocycles. The van der Waals surface area contributed by atoms with Crippen LogP contribution in [0, 0.1) is 5.82 Å². The maximum Gasteiger partial charge on any atom is 0.232 e. The van der Waals surface area contributed by atoms with E-state index in [-0.39, 0.29) is 11.7 Å². The molecule has 4 nitrogen and oxygen atoms in total. The average molecular weight is 359 g/mol. The van der Waals surface area contributed by atoms with Gasteiger partial charge in [-0.2, -0.15) is 0 Å². The summed E-state index contributed by atoms with van der Waals surface area (Å²) < 4.78 is 12.9. The zero-order chi connectivity index (χ0) is 17.5. The molecular formula is C19H22FN3OS. The zero-order valence-corrected chi connectivity index (χ0v) is 14.9. The van der Waals surface area contributed by atoms with Gasteiger partial charge in [0.05, 0.1) is 5.75 Å². The lowest BCUT2D eigenvalue weighted by Crippen LogP contribution is -2.36. The van der Waals surface area contributed by atoms with Gasteiger partial charge < -0.3 is 4.90 Å². The normalized spacial score (nSPS) is 15.8. The molecule has 1 aromatic heterocycles. The second-order valence-electron chi connectivity index (χ2n) is 6.11. The fourth-order valence-electron chi connectivity index (χ4n) is 2.90. The predicted octanol–water partition coefficient (Wildman–Crippen LogP) is 3.05. The molecule has 25 heavy (non-hydrogen) atoms. The molecule has 0 unspecified atom stereocenters. The topological polar surface area (TPSA) is 36.4 Å². The Bertz CT molecular complexity index is 681. The number of halogens is 1. The average Bonchev–Trinajstić information content (AvgIpc) is 2.87. The third-order valence-electron chi connectivity index (χ3n) is 4.25. The summed E-state index contributed by atoms with van der Waals surface area (Å²) in [6.45, 7) is 4.29. The molecule has 1 fully saturated rings. The van der Waals surface area contributed by atoms with Gasteiger partial charge in [-0.25, -0.2) is 4.39 Å². The molecule has 0 spiro atoms. The molecule has 1 saturated heterocycles. The first-order chi connectivity index (χ1) is 12.2. The number of nitrogens with zero attached hydrogens (tertiary/aromatic N) is 3. The van der Waals surface area contributed by atoms with E-state index in [0.717, 1.165) is 44.0 Å². The molecule has 0 saturated carbocycles. The summed E-state index contributed by atoms with van der Waals surface area (Å²) in [4.78, 5) is 21.9. The van der Waals surface area contributed by atoms with Crippen molar-refractivity contribution in [2.24, 2.45) is 0 Å². The van der Waals surface area contributed by atoms with E-state index >= 15 is 0 Å². The lowest BCUT2D eigenvalue weighted by atomic mass is 10.2. The Labute approximate surface area is 152 Å². The quantitative estimate of drug-likeness (QED) is 0.769. The van der Waals surface area contributed by atoms with Crippen molar-refractivity contribution in [1.29, 1.82) is 0 Å². The summed E-state index contributed by atoms with van der Waals surface area (Å²) in [7, 11) is 0. The van der Waals surface area contributed by atoms with Crippen molar-refractivity contribution in [2.75, 3.05) is 31.9 Å². The highest BCUT2D eigenvalue weighted by Crippen LogP contribution is 2.19. The van der Waals surface area contributed by atoms with Gasteiger partial charge in [0.1, 0.15) is 5.82 Å². The molecule has 0 aliphatic carbocycles. The molecule has 1 amide bonds. The first-order valence-corrected chi connectivity index (χ1v) is 9.47. The monoisotopic (exact) mass is 359 g/mol. The molecule has 0 radical (unpaired) electrons. The van der Waals surface area contributed by atoms with Crippen LogP contribution in [0.25, 0.3) is 0 Å². The molecule has 1 aromatic carbocycles. The minimum Gasteiger partial charge on any atom is -0.341 e. The van der Waals surface area contributed by atoms with Crippen molar-refractivity contribution in [3.05, 3.63) is 60.2 Å². The summed E-state index contributed by atoms with van der Waals surface area (Å²) in [5.41, 5.74) is 1.20. The van der Waals surface area contributed by atoms with Crippen molar-refractivity contribution >= 4 is 17.7 Å². The summed E-state index contributed by atoms with van der Waals surface area (Å²) in [5.74, 6) is 0.295. The fraction of sp³-hybridized carbons (Fsp3) is 0.368. The van der Waals surface area contributed by atoms with Crippen LogP contribution in [-0.2, 0) is 11.3 Å².